The average molecular weight is 210 g/mol. The minimum absolute atomic E-state index is 0.590. The number of nitriles is 1. The Morgan fingerprint density at radius 2 is 2.12 bits per heavy atom. The summed E-state index contributed by atoms with van der Waals surface area (Å²) in [6.45, 7) is 0. The Balaban J connectivity index is 2.84. The third-order valence-electron chi connectivity index (χ3n) is 2.63. The van der Waals surface area contributed by atoms with Crippen molar-refractivity contribution in [3.8, 4) is 6.07 Å². The molecule has 0 saturated heterocycles. The topological polar surface area (TPSA) is 45.8 Å². The minimum Gasteiger partial charge on any atom is -0.341 e. The fourth-order valence-corrected chi connectivity index (χ4v) is 1.88. The normalized spacial score (nSPS) is 10.8. The minimum atomic E-state index is 0.590. The molecule has 1 heterocycles. The van der Waals surface area contributed by atoms with Crippen molar-refractivity contribution in [3.63, 3.8) is 0 Å². The summed E-state index contributed by atoms with van der Waals surface area (Å²) >= 11 is 0. The van der Waals surface area contributed by atoms with E-state index in [1.165, 1.54) is 6.08 Å². The number of nitrogens with zero attached hydrogens (tertiary/aromatic N) is 2. The summed E-state index contributed by atoms with van der Waals surface area (Å²) in [6.07, 6.45) is 3.87. The van der Waals surface area contributed by atoms with Crippen LogP contribution in [0.25, 0.3) is 17.0 Å². The highest BCUT2D eigenvalue weighted by Crippen LogP contribution is 2.25. The molecule has 2 aromatic rings. The largest absolute Gasteiger partial charge is 0.341 e. The van der Waals surface area contributed by atoms with E-state index in [1.54, 1.807) is 6.08 Å². The highest BCUT2D eigenvalue weighted by Gasteiger charge is 2.11. The zero-order valence-electron chi connectivity index (χ0n) is 8.84. The van der Waals surface area contributed by atoms with Gasteiger partial charge in [0.15, 0.2) is 6.29 Å². The Morgan fingerprint density at radius 3 is 2.81 bits per heavy atom. The second kappa shape index (κ2) is 4.03. The number of para-hydroxylation sites is 1. The van der Waals surface area contributed by atoms with Crippen molar-refractivity contribution in [2.45, 2.75) is 0 Å². The van der Waals surface area contributed by atoms with Crippen LogP contribution in [0, 0.1) is 11.3 Å². The van der Waals surface area contributed by atoms with Gasteiger partial charge >= 0.3 is 0 Å². The van der Waals surface area contributed by atoms with Crippen molar-refractivity contribution < 1.29 is 4.79 Å². The number of aromatic nitrogens is 1. The molecule has 16 heavy (non-hydrogen) atoms. The summed E-state index contributed by atoms with van der Waals surface area (Å²) in [5.41, 5.74) is 2.38. The molecule has 3 heteroatoms. The quantitative estimate of drug-likeness (QED) is 0.564. The van der Waals surface area contributed by atoms with Crippen LogP contribution in [0.15, 0.2) is 30.3 Å². The number of hydrogen-bond acceptors (Lipinski definition) is 2. The number of allylic oxidation sites excluding steroid dienone is 1. The van der Waals surface area contributed by atoms with E-state index in [-0.39, 0.29) is 0 Å². The van der Waals surface area contributed by atoms with Gasteiger partial charge in [-0.25, -0.2) is 0 Å². The van der Waals surface area contributed by atoms with E-state index in [2.05, 4.69) is 0 Å². The Labute approximate surface area is 93.2 Å². The van der Waals surface area contributed by atoms with Gasteiger partial charge in [-0.1, -0.05) is 18.2 Å². The van der Waals surface area contributed by atoms with Crippen molar-refractivity contribution in [3.05, 3.63) is 41.6 Å². The molecule has 1 aromatic carbocycles. The van der Waals surface area contributed by atoms with E-state index in [0.717, 1.165) is 22.8 Å². The van der Waals surface area contributed by atoms with Gasteiger partial charge in [0.2, 0.25) is 0 Å². The Hall–Kier alpha value is -2.34. The Bertz CT molecular complexity index is 615. The maximum absolute atomic E-state index is 11.0. The molecule has 0 atom stereocenters. The molecule has 0 aliphatic carbocycles. The molecule has 0 amide bonds. The van der Waals surface area contributed by atoms with Gasteiger partial charge in [-0.3, -0.25) is 4.79 Å². The predicted octanol–water partition coefficient (Wildman–Crippen LogP) is 2.53. The molecule has 3 nitrogen and oxygen atoms in total. The number of rotatable bonds is 2. The molecule has 0 fully saturated rings. The fraction of sp³-hybridized carbons (Fsp3) is 0.0769. The van der Waals surface area contributed by atoms with E-state index in [0.29, 0.717) is 5.69 Å². The number of aryl methyl sites for hydroxylation is 1. The number of carbonyl (C=O) groups is 1. The number of aldehydes is 1. The lowest BCUT2D eigenvalue weighted by Crippen LogP contribution is -1.94. The van der Waals surface area contributed by atoms with Crippen LogP contribution in [0.3, 0.4) is 0 Å². The zero-order chi connectivity index (χ0) is 11.5. The highest BCUT2D eigenvalue weighted by atomic mass is 16.1. The molecule has 0 unspecified atom stereocenters. The van der Waals surface area contributed by atoms with Gasteiger partial charge in [0.05, 0.1) is 11.8 Å². The molecule has 2 rings (SSSR count). The maximum Gasteiger partial charge on any atom is 0.167 e. The second-order valence-corrected chi connectivity index (χ2v) is 3.46. The summed E-state index contributed by atoms with van der Waals surface area (Å²) in [7, 11) is 1.84. The lowest BCUT2D eigenvalue weighted by molar-refractivity contribution is 0.111. The number of benzene rings is 1. The molecule has 0 N–H and O–H groups in total. The molecule has 0 spiro atoms. The first-order valence-electron chi connectivity index (χ1n) is 4.88. The Morgan fingerprint density at radius 1 is 1.38 bits per heavy atom. The third kappa shape index (κ3) is 1.41. The number of hydrogen-bond donors (Lipinski definition) is 0. The van der Waals surface area contributed by atoms with Gasteiger partial charge < -0.3 is 4.57 Å². The summed E-state index contributed by atoms with van der Waals surface area (Å²) in [5.74, 6) is 0. The molecule has 1 aromatic heterocycles. The van der Waals surface area contributed by atoms with Gasteiger partial charge in [0.25, 0.3) is 0 Å². The van der Waals surface area contributed by atoms with Crippen LogP contribution in [-0.2, 0) is 7.05 Å². The third-order valence-corrected chi connectivity index (χ3v) is 2.63. The standard InChI is InChI=1S/C13H10N2O/c1-15-12-7-3-2-5-10(12)11(6-4-8-14)13(15)9-16/h2-7,9H,1H3/b6-4+. The first-order valence-corrected chi connectivity index (χ1v) is 4.88. The van der Waals surface area contributed by atoms with Crippen molar-refractivity contribution in [2.24, 2.45) is 7.05 Å². The molecular weight excluding hydrogens is 200 g/mol. The molecule has 0 radical (unpaired) electrons. The molecule has 0 aliphatic heterocycles. The lowest BCUT2D eigenvalue weighted by atomic mass is 10.1. The van der Waals surface area contributed by atoms with E-state index in [9.17, 15) is 4.79 Å². The lowest BCUT2D eigenvalue weighted by Gasteiger charge is -1.96. The van der Waals surface area contributed by atoms with Crippen LogP contribution in [0.4, 0.5) is 0 Å². The fourth-order valence-electron chi connectivity index (χ4n) is 1.88. The van der Waals surface area contributed by atoms with E-state index in [1.807, 2.05) is 41.9 Å². The predicted molar refractivity (Wildman–Crippen MR) is 63.0 cm³/mol. The molecule has 0 bridgehead atoms. The van der Waals surface area contributed by atoms with Gasteiger partial charge in [-0.15, -0.1) is 0 Å². The molecule has 78 valence electrons. The van der Waals surface area contributed by atoms with Gasteiger partial charge in [-0.2, -0.15) is 5.26 Å². The summed E-state index contributed by atoms with van der Waals surface area (Å²) < 4.78 is 1.83. The molecular formula is C13H10N2O. The molecule has 0 saturated carbocycles. The Kier molecular flexibility index (Phi) is 2.57. The SMILES string of the molecule is Cn1c(C=O)c(/C=C/C#N)c2ccccc21. The highest BCUT2D eigenvalue weighted by molar-refractivity contribution is 5.98. The smallest absolute Gasteiger partial charge is 0.167 e. The summed E-state index contributed by atoms with van der Waals surface area (Å²) in [5, 5.41) is 9.52. The first kappa shape index (κ1) is 10.2. The van der Waals surface area contributed by atoms with E-state index in [4.69, 9.17) is 5.26 Å². The van der Waals surface area contributed by atoms with Gasteiger partial charge in [0.1, 0.15) is 0 Å². The molecule has 0 aliphatic rings. The van der Waals surface area contributed by atoms with Crippen LogP contribution in [0.1, 0.15) is 16.1 Å². The van der Waals surface area contributed by atoms with Gasteiger partial charge in [0, 0.05) is 29.6 Å². The van der Waals surface area contributed by atoms with Crippen molar-refractivity contribution in [1.82, 2.24) is 4.57 Å². The van der Waals surface area contributed by atoms with Crippen LogP contribution in [-0.4, -0.2) is 10.9 Å². The van der Waals surface area contributed by atoms with Gasteiger partial charge in [-0.05, 0) is 12.1 Å². The van der Waals surface area contributed by atoms with Crippen molar-refractivity contribution in [2.75, 3.05) is 0 Å². The van der Waals surface area contributed by atoms with Crippen LogP contribution < -0.4 is 0 Å². The zero-order valence-corrected chi connectivity index (χ0v) is 8.84. The van der Waals surface area contributed by atoms with E-state index < -0.39 is 0 Å². The monoisotopic (exact) mass is 210 g/mol. The van der Waals surface area contributed by atoms with Crippen LogP contribution >= 0.6 is 0 Å². The maximum atomic E-state index is 11.0. The van der Waals surface area contributed by atoms with Crippen molar-refractivity contribution >= 4 is 23.3 Å². The first-order chi connectivity index (χ1) is 7.79. The number of carbonyl (C=O) groups excluding carboxylic acids is 1. The van der Waals surface area contributed by atoms with Crippen LogP contribution in [0.5, 0.6) is 0 Å². The average Bonchev–Trinajstić information content (AvgIpc) is 2.60. The summed E-state index contributed by atoms with van der Waals surface area (Å²) in [6, 6.07) is 9.67. The van der Waals surface area contributed by atoms with Crippen LogP contribution in [0.2, 0.25) is 0 Å². The van der Waals surface area contributed by atoms with Crippen molar-refractivity contribution in [1.29, 1.82) is 5.26 Å². The summed E-state index contributed by atoms with van der Waals surface area (Å²) in [4.78, 5) is 11.0. The van der Waals surface area contributed by atoms with E-state index >= 15 is 0 Å². The number of fused-ring (bicyclic) bond motifs is 1. The second-order valence-electron chi connectivity index (χ2n) is 3.46.